The highest BCUT2D eigenvalue weighted by Gasteiger charge is 2.25. The average molecular weight is 471 g/mol. The van der Waals surface area contributed by atoms with Crippen molar-refractivity contribution in [3.05, 3.63) is 54.4 Å². The van der Waals surface area contributed by atoms with Crippen LogP contribution < -0.4 is 10.1 Å². The molecule has 1 aromatic heterocycles. The fourth-order valence-corrected chi connectivity index (χ4v) is 5.12. The number of carbonyl (C=O) groups is 1. The molecule has 0 bridgehead atoms. The second-order valence-electron chi connectivity index (χ2n) is 7.84. The van der Waals surface area contributed by atoms with Crippen molar-refractivity contribution in [1.82, 2.24) is 14.4 Å². The molecule has 1 amide bonds. The van der Waals surface area contributed by atoms with Gasteiger partial charge in [0, 0.05) is 31.3 Å². The number of sulfonamides is 1. The maximum absolute atomic E-state index is 12.9. The second kappa shape index (κ2) is 10.1. The Bertz CT molecular complexity index is 1180. The van der Waals surface area contributed by atoms with Gasteiger partial charge in [-0.25, -0.2) is 8.42 Å². The molecule has 1 saturated heterocycles. The number of anilines is 1. The Hall–Kier alpha value is -3.24. The number of aromatic nitrogens is 2. The van der Waals surface area contributed by atoms with Gasteiger partial charge in [0.25, 0.3) is 5.91 Å². The van der Waals surface area contributed by atoms with Gasteiger partial charge in [-0.05, 0) is 61.4 Å². The molecule has 4 rings (SSSR count). The lowest BCUT2D eigenvalue weighted by Gasteiger charge is -2.20. The third-order valence-corrected chi connectivity index (χ3v) is 7.26. The minimum absolute atomic E-state index is 0.186. The molecular weight excluding hydrogens is 444 g/mol. The number of nitrogens with zero attached hydrogens (tertiary/aromatic N) is 3. The smallest absolute Gasteiger partial charge is 0.262 e. The summed E-state index contributed by atoms with van der Waals surface area (Å²) in [6, 6.07) is 13.2. The van der Waals surface area contributed by atoms with E-state index in [1.807, 2.05) is 0 Å². The molecule has 2 heterocycles. The fourth-order valence-electron chi connectivity index (χ4n) is 3.60. The van der Waals surface area contributed by atoms with Gasteiger partial charge in [-0.15, -0.1) is 0 Å². The van der Waals surface area contributed by atoms with Crippen LogP contribution in [0.5, 0.6) is 5.75 Å². The molecule has 0 saturated carbocycles. The van der Waals surface area contributed by atoms with Crippen LogP contribution in [0.15, 0.2) is 57.9 Å². The number of benzene rings is 2. The van der Waals surface area contributed by atoms with Crippen LogP contribution in [0.25, 0.3) is 11.4 Å². The van der Waals surface area contributed by atoms with Crippen LogP contribution in [0.2, 0.25) is 0 Å². The summed E-state index contributed by atoms with van der Waals surface area (Å²) in [5, 5.41) is 6.57. The first-order valence-electron chi connectivity index (χ1n) is 10.9. The van der Waals surface area contributed by atoms with Gasteiger partial charge in [0.1, 0.15) is 5.75 Å². The van der Waals surface area contributed by atoms with Crippen LogP contribution in [0.4, 0.5) is 5.69 Å². The molecule has 0 aliphatic carbocycles. The van der Waals surface area contributed by atoms with Crippen molar-refractivity contribution in [3.8, 4) is 17.1 Å². The topological polar surface area (TPSA) is 115 Å². The SMILES string of the molecule is Cc1nc(-c2ccc(OCC(=O)Nc3ccc(S(=O)(=O)N4CCCCCC4)cc3)cc2)no1. The molecule has 1 fully saturated rings. The van der Waals surface area contributed by atoms with Crippen molar-refractivity contribution in [3.63, 3.8) is 0 Å². The van der Waals surface area contributed by atoms with Crippen molar-refractivity contribution >= 4 is 21.6 Å². The number of aryl methyl sites for hydroxylation is 1. The number of hydrogen-bond donors (Lipinski definition) is 1. The van der Waals surface area contributed by atoms with Crippen LogP contribution in [0.3, 0.4) is 0 Å². The molecule has 9 nitrogen and oxygen atoms in total. The van der Waals surface area contributed by atoms with Gasteiger partial charge in [-0.3, -0.25) is 4.79 Å². The molecule has 1 N–H and O–H groups in total. The summed E-state index contributed by atoms with van der Waals surface area (Å²) >= 11 is 0. The Balaban J connectivity index is 1.30. The zero-order chi connectivity index (χ0) is 23.3. The van der Waals surface area contributed by atoms with Crippen molar-refractivity contribution in [2.75, 3.05) is 25.0 Å². The van der Waals surface area contributed by atoms with Crippen LogP contribution >= 0.6 is 0 Å². The van der Waals surface area contributed by atoms with Gasteiger partial charge in [0.05, 0.1) is 4.90 Å². The molecule has 2 aromatic carbocycles. The molecule has 33 heavy (non-hydrogen) atoms. The number of hydrogen-bond acceptors (Lipinski definition) is 7. The Labute approximate surface area is 192 Å². The van der Waals surface area contributed by atoms with E-state index >= 15 is 0 Å². The lowest BCUT2D eigenvalue weighted by molar-refractivity contribution is -0.118. The number of ether oxygens (including phenoxy) is 1. The minimum atomic E-state index is -3.52. The van der Waals surface area contributed by atoms with Crippen LogP contribution in [-0.4, -0.2) is 48.5 Å². The van der Waals surface area contributed by atoms with E-state index < -0.39 is 10.0 Å². The largest absolute Gasteiger partial charge is 0.484 e. The van der Waals surface area contributed by atoms with Gasteiger partial charge >= 0.3 is 0 Å². The predicted molar refractivity (Wildman–Crippen MR) is 122 cm³/mol. The second-order valence-corrected chi connectivity index (χ2v) is 9.78. The van der Waals surface area contributed by atoms with E-state index in [1.165, 1.54) is 12.1 Å². The minimum Gasteiger partial charge on any atom is -0.484 e. The summed E-state index contributed by atoms with van der Waals surface area (Å²) in [4.78, 5) is 16.6. The molecule has 0 atom stereocenters. The van der Waals surface area contributed by atoms with Crippen LogP contribution in [-0.2, 0) is 14.8 Å². The zero-order valence-electron chi connectivity index (χ0n) is 18.4. The van der Waals surface area contributed by atoms with E-state index in [4.69, 9.17) is 9.26 Å². The summed E-state index contributed by atoms with van der Waals surface area (Å²) < 4.78 is 37.7. The Morgan fingerprint density at radius 2 is 1.70 bits per heavy atom. The predicted octanol–water partition coefficient (Wildman–Crippen LogP) is 3.63. The fraction of sp³-hybridized carbons (Fsp3) is 0.348. The summed E-state index contributed by atoms with van der Waals surface area (Å²) in [6.07, 6.45) is 3.88. The van der Waals surface area contributed by atoms with E-state index in [9.17, 15) is 13.2 Å². The molecular formula is C23H26N4O5S. The summed E-state index contributed by atoms with van der Waals surface area (Å²) in [6.45, 7) is 2.63. The Kier molecular flexibility index (Phi) is 7.05. The maximum atomic E-state index is 12.9. The van der Waals surface area contributed by atoms with E-state index in [0.29, 0.717) is 36.2 Å². The molecule has 1 aliphatic rings. The highest BCUT2D eigenvalue weighted by atomic mass is 32.2. The normalized spacial score (nSPS) is 15.1. The van der Waals surface area contributed by atoms with Crippen molar-refractivity contribution in [2.45, 2.75) is 37.5 Å². The van der Waals surface area contributed by atoms with Gasteiger partial charge in [-0.1, -0.05) is 18.0 Å². The lowest BCUT2D eigenvalue weighted by Crippen LogP contribution is -2.31. The molecule has 0 radical (unpaired) electrons. The van der Waals surface area contributed by atoms with E-state index in [0.717, 1.165) is 31.2 Å². The van der Waals surface area contributed by atoms with E-state index in [2.05, 4.69) is 15.5 Å². The molecule has 10 heteroatoms. The van der Waals surface area contributed by atoms with E-state index in [1.54, 1.807) is 47.6 Å². The van der Waals surface area contributed by atoms with Crippen LogP contribution in [0.1, 0.15) is 31.6 Å². The molecule has 0 spiro atoms. The lowest BCUT2D eigenvalue weighted by atomic mass is 10.2. The van der Waals surface area contributed by atoms with E-state index in [-0.39, 0.29) is 17.4 Å². The number of nitrogens with one attached hydrogen (secondary N) is 1. The Morgan fingerprint density at radius 3 is 2.30 bits per heavy atom. The molecule has 174 valence electrons. The summed E-state index contributed by atoms with van der Waals surface area (Å²) in [7, 11) is -3.52. The summed E-state index contributed by atoms with van der Waals surface area (Å²) in [5.74, 6) is 1.14. The first-order chi connectivity index (χ1) is 15.9. The van der Waals surface area contributed by atoms with Gasteiger partial charge in [0.15, 0.2) is 6.61 Å². The number of amides is 1. The third kappa shape index (κ3) is 5.77. The third-order valence-electron chi connectivity index (χ3n) is 5.35. The quantitative estimate of drug-likeness (QED) is 0.561. The zero-order valence-corrected chi connectivity index (χ0v) is 19.2. The average Bonchev–Trinajstić information content (AvgIpc) is 3.06. The highest BCUT2D eigenvalue weighted by Crippen LogP contribution is 2.22. The first-order valence-corrected chi connectivity index (χ1v) is 12.3. The van der Waals surface area contributed by atoms with Crippen LogP contribution in [0, 0.1) is 6.92 Å². The standard InChI is InChI=1S/C23H26N4O5S/c1-17-24-23(26-32-17)18-6-10-20(11-7-18)31-16-22(28)25-19-8-12-21(13-9-19)33(29,30)27-14-4-2-3-5-15-27/h6-13H,2-5,14-16H2,1H3,(H,25,28). The highest BCUT2D eigenvalue weighted by molar-refractivity contribution is 7.89. The van der Waals surface area contributed by atoms with Gasteiger partial charge in [0.2, 0.25) is 21.7 Å². The molecule has 0 unspecified atom stereocenters. The number of rotatable bonds is 7. The Morgan fingerprint density at radius 1 is 1.03 bits per heavy atom. The van der Waals surface area contributed by atoms with Crippen molar-refractivity contribution in [2.24, 2.45) is 0 Å². The monoisotopic (exact) mass is 470 g/mol. The first kappa shape index (κ1) is 22.9. The van der Waals surface area contributed by atoms with Crippen molar-refractivity contribution in [1.29, 1.82) is 0 Å². The van der Waals surface area contributed by atoms with Gasteiger partial charge in [-0.2, -0.15) is 9.29 Å². The summed E-state index contributed by atoms with van der Waals surface area (Å²) in [5.41, 5.74) is 1.28. The molecule has 3 aromatic rings. The number of carbonyl (C=O) groups excluding carboxylic acids is 1. The molecule has 1 aliphatic heterocycles. The van der Waals surface area contributed by atoms with Gasteiger partial charge < -0.3 is 14.6 Å². The maximum Gasteiger partial charge on any atom is 0.262 e. The van der Waals surface area contributed by atoms with Crippen molar-refractivity contribution < 1.29 is 22.5 Å².